The Morgan fingerprint density at radius 2 is 1.80 bits per heavy atom. The number of carbonyl (C=O) groups is 1. The zero-order chi connectivity index (χ0) is 14.5. The number of rotatable bonds is 5. The standard InChI is InChI=1S/C17H17ClOS/c1-12-3-4-13(2)16(9-12)17(19)11-20-10-14-5-7-15(18)8-6-14/h3-9H,10-11H2,1-2H3. The zero-order valence-corrected chi connectivity index (χ0v) is 13.2. The Hall–Kier alpha value is -1.25. The van der Waals surface area contributed by atoms with Gasteiger partial charge in [0, 0.05) is 16.3 Å². The lowest BCUT2D eigenvalue weighted by molar-refractivity contribution is 0.102. The van der Waals surface area contributed by atoms with Crippen LogP contribution in [0.15, 0.2) is 42.5 Å². The summed E-state index contributed by atoms with van der Waals surface area (Å²) in [5.74, 6) is 1.53. The summed E-state index contributed by atoms with van der Waals surface area (Å²) in [5.41, 5.74) is 4.20. The van der Waals surface area contributed by atoms with Crippen molar-refractivity contribution >= 4 is 29.1 Å². The van der Waals surface area contributed by atoms with E-state index in [1.54, 1.807) is 11.8 Å². The number of Topliss-reactive ketones (excluding diaryl/α,β-unsaturated/α-hetero) is 1. The van der Waals surface area contributed by atoms with Crippen molar-refractivity contribution < 1.29 is 4.79 Å². The summed E-state index contributed by atoms with van der Waals surface area (Å²) in [6.07, 6.45) is 0. The lowest BCUT2D eigenvalue weighted by Crippen LogP contribution is -2.05. The predicted molar refractivity (Wildman–Crippen MR) is 87.9 cm³/mol. The van der Waals surface area contributed by atoms with Crippen LogP contribution < -0.4 is 0 Å². The SMILES string of the molecule is Cc1ccc(C)c(C(=O)CSCc2ccc(Cl)cc2)c1. The van der Waals surface area contributed by atoms with Crippen molar-refractivity contribution in [1.82, 2.24) is 0 Å². The molecular formula is C17H17ClOS. The van der Waals surface area contributed by atoms with E-state index in [1.165, 1.54) is 5.56 Å². The van der Waals surface area contributed by atoms with Gasteiger partial charge in [-0.25, -0.2) is 0 Å². The van der Waals surface area contributed by atoms with Gasteiger partial charge in [-0.1, -0.05) is 41.4 Å². The maximum atomic E-state index is 12.2. The van der Waals surface area contributed by atoms with Crippen LogP contribution in [-0.4, -0.2) is 11.5 Å². The Balaban J connectivity index is 1.92. The van der Waals surface area contributed by atoms with E-state index < -0.39 is 0 Å². The van der Waals surface area contributed by atoms with Gasteiger partial charge in [0.1, 0.15) is 0 Å². The van der Waals surface area contributed by atoms with E-state index in [9.17, 15) is 4.79 Å². The van der Waals surface area contributed by atoms with Crippen LogP contribution in [0.5, 0.6) is 0 Å². The molecule has 0 aromatic heterocycles. The van der Waals surface area contributed by atoms with Gasteiger partial charge in [-0.15, -0.1) is 11.8 Å². The molecule has 1 nitrogen and oxygen atoms in total. The smallest absolute Gasteiger partial charge is 0.173 e. The van der Waals surface area contributed by atoms with E-state index in [0.717, 1.165) is 27.5 Å². The fourth-order valence-electron chi connectivity index (χ4n) is 1.96. The Labute approximate surface area is 129 Å². The van der Waals surface area contributed by atoms with Gasteiger partial charge in [0.05, 0.1) is 5.75 Å². The maximum Gasteiger partial charge on any atom is 0.173 e. The molecule has 0 N–H and O–H groups in total. The van der Waals surface area contributed by atoms with Crippen LogP contribution in [0.3, 0.4) is 0 Å². The molecule has 0 heterocycles. The van der Waals surface area contributed by atoms with Gasteiger partial charge in [-0.3, -0.25) is 4.79 Å². The molecule has 0 saturated carbocycles. The summed E-state index contributed by atoms with van der Waals surface area (Å²) in [6, 6.07) is 13.8. The Kier molecular flexibility index (Phi) is 5.27. The molecule has 0 aliphatic heterocycles. The van der Waals surface area contributed by atoms with Crippen molar-refractivity contribution in [2.45, 2.75) is 19.6 Å². The Morgan fingerprint density at radius 3 is 2.50 bits per heavy atom. The Bertz CT molecular complexity index is 605. The third kappa shape index (κ3) is 4.12. The third-order valence-electron chi connectivity index (χ3n) is 3.11. The van der Waals surface area contributed by atoms with Crippen LogP contribution in [-0.2, 0) is 5.75 Å². The number of hydrogen-bond acceptors (Lipinski definition) is 2. The first-order valence-electron chi connectivity index (χ1n) is 6.49. The highest BCUT2D eigenvalue weighted by atomic mass is 35.5. The molecule has 0 atom stereocenters. The second-order valence-electron chi connectivity index (χ2n) is 4.86. The average molecular weight is 305 g/mol. The van der Waals surface area contributed by atoms with E-state index in [-0.39, 0.29) is 5.78 Å². The largest absolute Gasteiger partial charge is 0.293 e. The average Bonchev–Trinajstić information content (AvgIpc) is 2.43. The summed E-state index contributed by atoms with van der Waals surface area (Å²) >= 11 is 7.48. The van der Waals surface area contributed by atoms with Crippen molar-refractivity contribution in [2.24, 2.45) is 0 Å². The van der Waals surface area contributed by atoms with Crippen LogP contribution in [0, 0.1) is 13.8 Å². The van der Waals surface area contributed by atoms with Gasteiger partial charge >= 0.3 is 0 Å². The Morgan fingerprint density at radius 1 is 1.10 bits per heavy atom. The number of halogens is 1. The van der Waals surface area contributed by atoms with Crippen molar-refractivity contribution in [3.8, 4) is 0 Å². The monoisotopic (exact) mass is 304 g/mol. The number of ketones is 1. The van der Waals surface area contributed by atoms with Crippen LogP contribution in [0.2, 0.25) is 5.02 Å². The summed E-state index contributed by atoms with van der Waals surface area (Å²) < 4.78 is 0. The van der Waals surface area contributed by atoms with Gasteiger partial charge < -0.3 is 0 Å². The quantitative estimate of drug-likeness (QED) is 0.717. The van der Waals surface area contributed by atoms with E-state index in [0.29, 0.717) is 5.75 Å². The van der Waals surface area contributed by atoms with Gasteiger partial charge in [0.15, 0.2) is 5.78 Å². The number of aryl methyl sites for hydroxylation is 2. The third-order valence-corrected chi connectivity index (χ3v) is 4.36. The second-order valence-corrected chi connectivity index (χ2v) is 6.28. The molecule has 0 aliphatic carbocycles. The molecule has 0 fully saturated rings. The van der Waals surface area contributed by atoms with Crippen molar-refractivity contribution in [1.29, 1.82) is 0 Å². The number of carbonyl (C=O) groups excluding carboxylic acids is 1. The first kappa shape index (κ1) is 15.1. The van der Waals surface area contributed by atoms with E-state index in [4.69, 9.17) is 11.6 Å². The molecular weight excluding hydrogens is 288 g/mol. The molecule has 2 aromatic rings. The van der Waals surface area contributed by atoms with Crippen LogP contribution in [0.4, 0.5) is 0 Å². The summed E-state index contributed by atoms with van der Waals surface area (Å²) in [5, 5.41) is 0.741. The van der Waals surface area contributed by atoms with Gasteiger partial charge in [-0.05, 0) is 43.2 Å². The highest BCUT2D eigenvalue weighted by molar-refractivity contribution is 7.99. The second kappa shape index (κ2) is 6.96. The lowest BCUT2D eigenvalue weighted by Gasteiger charge is -2.06. The van der Waals surface area contributed by atoms with Gasteiger partial charge in [-0.2, -0.15) is 0 Å². The van der Waals surface area contributed by atoms with Crippen molar-refractivity contribution in [3.63, 3.8) is 0 Å². The van der Waals surface area contributed by atoms with Gasteiger partial charge in [0.2, 0.25) is 0 Å². The lowest BCUT2D eigenvalue weighted by atomic mass is 10.0. The molecule has 2 aromatic carbocycles. The zero-order valence-electron chi connectivity index (χ0n) is 11.7. The molecule has 2 rings (SSSR count). The minimum absolute atomic E-state index is 0.199. The molecule has 0 unspecified atom stereocenters. The molecule has 104 valence electrons. The molecule has 0 saturated heterocycles. The highest BCUT2D eigenvalue weighted by Crippen LogP contribution is 2.18. The molecule has 3 heteroatoms. The van der Waals surface area contributed by atoms with E-state index in [2.05, 4.69) is 0 Å². The first-order chi connectivity index (χ1) is 9.56. The topological polar surface area (TPSA) is 17.1 Å². The normalized spacial score (nSPS) is 10.6. The van der Waals surface area contributed by atoms with Crippen molar-refractivity contribution in [2.75, 3.05) is 5.75 Å². The highest BCUT2D eigenvalue weighted by Gasteiger charge is 2.09. The minimum Gasteiger partial charge on any atom is -0.293 e. The predicted octanol–water partition coefficient (Wildman–Crippen LogP) is 5.07. The fraction of sp³-hybridized carbons (Fsp3) is 0.235. The van der Waals surface area contributed by atoms with Crippen LogP contribution in [0.25, 0.3) is 0 Å². The molecule has 0 bridgehead atoms. The molecule has 0 spiro atoms. The number of thioether (sulfide) groups is 1. The van der Waals surface area contributed by atoms with Crippen molar-refractivity contribution in [3.05, 3.63) is 69.7 Å². The first-order valence-corrected chi connectivity index (χ1v) is 8.02. The summed E-state index contributed by atoms with van der Waals surface area (Å²) in [6.45, 7) is 3.99. The molecule has 0 aliphatic rings. The van der Waals surface area contributed by atoms with Crippen LogP contribution >= 0.6 is 23.4 Å². The number of hydrogen-bond donors (Lipinski definition) is 0. The van der Waals surface area contributed by atoms with Crippen LogP contribution in [0.1, 0.15) is 27.0 Å². The molecule has 20 heavy (non-hydrogen) atoms. The minimum atomic E-state index is 0.199. The van der Waals surface area contributed by atoms with Gasteiger partial charge in [0.25, 0.3) is 0 Å². The molecule has 0 amide bonds. The van der Waals surface area contributed by atoms with E-state index in [1.807, 2.05) is 56.3 Å². The fourth-order valence-corrected chi connectivity index (χ4v) is 2.95. The summed E-state index contributed by atoms with van der Waals surface area (Å²) in [7, 11) is 0. The maximum absolute atomic E-state index is 12.2. The number of benzene rings is 2. The van der Waals surface area contributed by atoms with E-state index >= 15 is 0 Å². The summed E-state index contributed by atoms with van der Waals surface area (Å²) in [4.78, 5) is 12.2. The molecule has 0 radical (unpaired) electrons.